The molecule has 0 saturated heterocycles. The van der Waals surface area contributed by atoms with Crippen LogP contribution in [0, 0.1) is 5.92 Å². The Morgan fingerprint density at radius 3 is 2.27 bits per heavy atom. The van der Waals surface area contributed by atoms with E-state index in [0.29, 0.717) is 0 Å². The maximum absolute atomic E-state index is 10.4. The molecule has 1 atom stereocenters. The van der Waals surface area contributed by atoms with Gasteiger partial charge in [-0.2, -0.15) is 4.89 Å². The van der Waals surface area contributed by atoms with Crippen LogP contribution in [0.25, 0.3) is 0 Å². The number of carboxylic acid groups (broad SMARTS) is 1. The molecule has 0 spiro atoms. The first-order valence-corrected chi connectivity index (χ1v) is 5.02. The zero-order valence-electron chi connectivity index (χ0n) is 9.94. The van der Waals surface area contributed by atoms with Gasteiger partial charge < -0.3 is 9.84 Å². The predicted octanol–water partition coefficient (Wildman–Crippen LogP) is 2.80. The number of hydrogen-bond acceptors (Lipinski definition) is 4. The molecule has 5 nitrogen and oxygen atoms in total. The number of rotatable bonds is 6. The lowest BCUT2D eigenvalue weighted by atomic mass is 10.1. The van der Waals surface area contributed by atoms with E-state index >= 15 is 0 Å². The lowest BCUT2D eigenvalue weighted by Gasteiger charge is -2.26. The molecule has 1 unspecified atom stereocenters. The Bertz CT molecular complexity index is 200. The second-order valence-corrected chi connectivity index (χ2v) is 4.29. The topological polar surface area (TPSA) is 65.0 Å². The number of ether oxygens (including phenoxy) is 1. The van der Waals surface area contributed by atoms with E-state index in [2.05, 4.69) is 4.74 Å². The molecule has 0 fully saturated rings. The molecular formula is C10H20O5. The molecule has 0 aromatic heterocycles. The van der Waals surface area contributed by atoms with Crippen LogP contribution >= 0.6 is 0 Å². The second kappa shape index (κ2) is 5.92. The standard InChI is InChI=1S/C10H20O5/c1-6-10(4,5)15-14-8(7(2)3)13-9(11)12/h7-8H,6H2,1-5H3,(H,11,12). The second-order valence-electron chi connectivity index (χ2n) is 4.29. The molecule has 0 radical (unpaired) electrons. The van der Waals surface area contributed by atoms with Gasteiger partial charge in [0.2, 0.25) is 6.29 Å². The normalized spacial score (nSPS) is 14.0. The van der Waals surface area contributed by atoms with Gasteiger partial charge in [-0.15, -0.1) is 0 Å². The van der Waals surface area contributed by atoms with Crippen molar-refractivity contribution in [1.82, 2.24) is 0 Å². The Kier molecular flexibility index (Phi) is 5.60. The summed E-state index contributed by atoms with van der Waals surface area (Å²) in [5, 5.41) is 8.46. The molecule has 0 amide bonds. The van der Waals surface area contributed by atoms with Crippen LogP contribution in [-0.4, -0.2) is 23.2 Å². The summed E-state index contributed by atoms with van der Waals surface area (Å²) < 4.78 is 4.52. The first kappa shape index (κ1) is 14.2. The van der Waals surface area contributed by atoms with E-state index in [1.807, 2.05) is 20.8 Å². The largest absolute Gasteiger partial charge is 0.508 e. The molecule has 0 aliphatic heterocycles. The first-order valence-electron chi connectivity index (χ1n) is 5.02. The van der Waals surface area contributed by atoms with Crippen molar-refractivity contribution in [3.05, 3.63) is 0 Å². The average molecular weight is 220 g/mol. The fraction of sp³-hybridized carbons (Fsp3) is 0.900. The van der Waals surface area contributed by atoms with Gasteiger partial charge >= 0.3 is 6.16 Å². The van der Waals surface area contributed by atoms with Crippen LogP contribution in [0.3, 0.4) is 0 Å². The van der Waals surface area contributed by atoms with E-state index in [-0.39, 0.29) is 5.92 Å². The monoisotopic (exact) mass is 220 g/mol. The van der Waals surface area contributed by atoms with Gasteiger partial charge in [0.1, 0.15) is 0 Å². The van der Waals surface area contributed by atoms with Crippen molar-refractivity contribution in [1.29, 1.82) is 0 Å². The molecule has 0 aliphatic carbocycles. The maximum atomic E-state index is 10.4. The fourth-order valence-corrected chi connectivity index (χ4v) is 0.603. The summed E-state index contributed by atoms with van der Waals surface area (Å²) in [5.41, 5.74) is -0.449. The molecule has 0 heterocycles. The van der Waals surface area contributed by atoms with Gasteiger partial charge in [-0.1, -0.05) is 20.8 Å². The van der Waals surface area contributed by atoms with Crippen LogP contribution in [0.1, 0.15) is 41.0 Å². The van der Waals surface area contributed by atoms with Crippen molar-refractivity contribution in [3.63, 3.8) is 0 Å². The SMILES string of the molecule is CCC(C)(C)OOC(OC(=O)O)C(C)C. The highest BCUT2D eigenvalue weighted by molar-refractivity contribution is 5.56. The molecule has 0 saturated carbocycles. The Labute approximate surface area is 90.2 Å². The van der Waals surface area contributed by atoms with Crippen LogP contribution in [0.4, 0.5) is 4.79 Å². The Morgan fingerprint density at radius 1 is 1.40 bits per heavy atom. The molecule has 5 heteroatoms. The summed E-state index contributed by atoms with van der Waals surface area (Å²) >= 11 is 0. The minimum atomic E-state index is -1.37. The minimum absolute atomic E-state index is 0.103. The lowest BCUT2D eigenvalue weighted by molar-refractivity contribution is -0.419. The van der Waals surface area contributed by atoms with Gasteiger partial charge in [0, 0.05) is 5.92 Å². The zero-order valence-corrected chi connectivity index (χ0v) is 9.94. The smallest absolute Gasteiger partial charge is 0.450 e. The fourth-order valence-electron chi connectivity index (χ4n) is 0.603. The first-order chi connectivity index (χ1) is 6.78. The van der Waals surface area contributed by atoms with E-state index < -0.39 is 18.0 Å². The quantitative estimate of drug-likeness (QED) is 0.323. The van der Waals surface area contributed by atoms with Gasteiger partial charge in [0.05, 0.1) is 5.60 Å². The highest BCUT2D eigenvalue weighted by Crippen LogP contribution is 2.18. The van der Waals surface area contributed by atoms with E-state index in [1.165, 1.54) is 0 Å². The number of carbonyl (C=O) groups is 1. The van der Waals surface area contributed by atoms with Crippen LogP contribution in [0.2, 0.25) is 0 Å². The summed E-state index contributed by atoms with van der Waals surface area (Å²) in [6, 6.07) is 0. The van der Waals surface area contributed by atoms with Crippen molar-refractivity contribution in [2.75, 3.05) is 0 Å². The van der Waals surface area contributed by atoms with Gasteiger partial charge in [-0.05, 0) is 20.3 Å². The van der Waals surface area contributed by atoms with Gasteiger partial charge in [-0.3, -0.25) is 0 Å². The Balaban J connectivity index is 4.13. The molecule has 0 aliphatic rings. The number of hydrogen-bond donors (Lipinski definition) is 1. The van der Waals surface area contributed by atoms with Crippen LogP contribution in [0.5, 0.6) is 0 Å². The third kappa shape index (κ3) is 6.30. The molecule has 0 aromatic rings. The minimum Gasteiger partial charge on any atom is -0.450 e. The summed E-state index contributed by atoms with van der Waals surface area (Å²) in [6.07, 6.45) is -1.51. The van der Waals surface area contributed by atoms with E-state index in [0.717, 1.165) is 6.42 Å². The molecule has 0 aromatic carbocycles. The summed E-state index contributed by atoms with van der Waals surface area (Å²) in [4.78, 5) is 20.4. The Hall–Kier alpha value is -0.810. The highest BCUT2D eigenvalue weighted by Gasteiger charge is 2.24. The predicted molar refractivity (Wildman–Crippen MR) is 54.3 cm³/mol. The molecule has 90 valence electrons. The highest BCUT2D eigenvalue weighted by atomic mass is 17.2. The van der Waals surface area contributed by atoms with E-state index in [9.17, 15) is 4.79 Å². The molecule has 15 heavy (non-hydrogen) atoms. The lowest BCUT2D eigenvalue weighted by Crippen LogP contribution is -2.32. The Morgan fingerprint density at radius 2 is 1.93 bits per heavy atom. The molecule has 1 N–H and O–H groups in total. The zero-order chi connectivity index (χ0) is 12.1. The third-order valence-electron chi connectivity index (χ3n) is 1.98. The molecule has 0 rings (SSSR count). The summed E-state index contributed by atoms with van der Waals surface area (Å²) in [5.74, 6) is -0.103. The molecule has 0 bridgehead atoms. The van der Waals surface area contributed by atoms with E-state index in [1.54, 1.807) is 13.8 Å². The van der Waals surface area contributed by atoms with Gasteiger partial charge in [0.15, 0.2) is 0 Å². The van der Waals surface area contributed by atoms with Crippen molar-refractivity contribution in [2.45, 2.75) is 52.9 Å². The summed E-state index contributed by atoms with van der Waals surface area (Å²) in [7, 11) is 0. The van der Waals surface area contributed by atoms with Crippen molar-refractivity contribution in [2.24, 2.45) is 5.92 Å². The van der Waals surface area contributed by atoms with Crippen LogP contribution in [-0.2, 0) is 14.5 Å². The van der Waals surface area contributed by atoms with Crippen molar-refractivity contribution >= 4 is 6.16 Å². The molecular weight excluding hydrogens is 200 g/mol. The van der Waals surface area contributed by atoms with Gasteiger partial charge in [-0.25, -0.2) is 9.68 Å². The van der Waals surface area contributed by atoms with Gasteiger partial charge in [0.25, 0.3) is 0 Å². The van der Waals surface area contributed by atoms with Crippen LogP contribution < -0.4 is 0 Å². The van der Waals surface area contributed by atoms with E-state index in [4.69, 9.17) is 14.9 Å². The summed E-state index contributed by atoms with van der Waals surface area (Å²) in [6.45, 7) is 9.23. The third-order valence-corrected chi connectivity index (χ3v) is 1.98. The van der Waals surface area contributed by atoms with Crippen molar-refractivity contribution < 1.29 is 24.4 Å². The van der Waals surface area contributed by atoms with Crippen molar-refractivity contribution in [3.8, 4) is 0 Å². The maximum Gasteiger partial charge on any atom is 0.508 e. The van der Waals surface area contributed by atoms with Crippen LogP contribution in [0.15, 0.2) is 0 Å². The average Bonchev–Trinajstić information content (AvgIpc) is 2.11.